The second kappa shape index (κ2) is 3.03. The molecule has 0 aliphatic carbocycles. The summed E-state index contributed by atoms with van der Waals surface area (Å²) in [6.45, 7) is 5.37. The Hall–Kier alpha value is -0.860. The average Bonchev–Trinajstić information content (AvgIpc) is 2.33. The van der Waals surface area contributed by atoms with Crippen molar-refractivity contribution in [2.24, 2.45) is 0 Å². The predicted molar refractivity (Wildman–Crippen MR) is 40.1 cm³/mol. The van der Waals surface area contributed by atoms with Gasteiger partial charge >= 0.3 is 0 Å². The molecule has 0 aromatic carbocycles. The van der Waals surface area contributed by atoms with E-state index in [1.54, 1.807) is 6.20 Å². The second-order valence-corrected chi connectivity index (χ2v) is 2.87. The molecule has 1 aromatic rings. The fourth-order valence-electron chi connectivity index (χ4n) is 0.752. The molecule has 0 bridgehead atoms. The van der Waals surface area contributed by atoms with Crippen molar-refractivity contribution in [3.05, 3.63) is 17.8 Å². The summed E-state index contributed by atoms with van der Waals surface area (Å²) in [6.07, 6.45) is 0.471. The number of aromatic nitrogens is 1. The van der Waals surface area contributed by atoms with Gasteiger partial charge in [-0.25, -0.2) is 9.37 Å². The highest BCUT2D eigenvalue weighted by molar-refractivity contribution is 4.99. The molecule has 0 fully saturated rings. The lowest BCUT2D eigenvalue weighted by molar-refractivity contribution is 0.288. The first-order valence-electron chi connectivity index (χ1n) is 3.71. The Labute approximate surface area is 65.4 Å². The first kappa shape index (κ1) is 8.24. The summed E-state index contributed by atoms with van der Waals surface area (Å²) in [5.41, 5.74) is 0. The maximum absolute atomic E-state index is 12.6. The molecule has 0 saturated heterocycles. The van der Waals surface area contributed by atoms with Crippen molar-refractivity contribution >= 4 is 0 Å². The van der Waals surface area contributed by atoms with E-state index in [-0.39, 0.29) is 11.8 Å². The van der Waals surface area contributed by atoms with E-state index in [1.165, 1.54) is 6.92 Å². The van der Waals surface area contributed by atoms with Crippen molar-refractivity contribution in [1.82, 2.24) is 4.98 Å². The zero-order chi connectivity index (χ0) is 8.43. The van der Waals surface area contributed by atoms with E-state index in [9.17, 15) is 4.39 Å². The van der Waals surface area contributed by atoms with Crippen LogP contribution in [0.15, 0.2) is 10.6 Å². The molecule has 1 unspecified atom stereocenters. The van der Waals surface area contributed by atoms with Crippen molar-refractivity contribution in [1.29, 1.82) is 0 Å². The van der Waals surface area contributed by atoms with Crippen LogP contribution in [-0.4, -0.2) is 4.98 Å². The van der Waals surface area contributed by atoms with Gasteiger partial charge in [-0.1, -0.05) is 13.8 Å². The molecule has 0 aliphatic heterocycles. The number of oxazole rings is 1. The van der Waals surface area contributed by atoms with Gasteiger partial charge in [0.15, 0.2) is 6.17 Å². The minimum atomic E-state index is -1.11. The minimum Gasteiger partial charge on any atom is -0.442 e. The third kappa shape index (κ3) is 1.79. The maximum Gasteiger partial charge on any atom is 0.228 e. The molecule has 62 valence electrons. The molecule has 0 spiro atoms. The van der Waals surface area contributed by atoms with Crippen LogP contribution in [0.2, 0.25) is 0 Å². The predicted octanol–water partition coefficient (Wildman–Crippen LogP) is 2.83. The largest absolute Gasteiger partial charge is 0.442 e. The number of nitrogens with zero attached hydrogens (tertiary/aromatic N) is 1. The Morgan fingerprint density at radius 3 is 2.36 bits per heavy atom. The normalized spacial score (nSPS) is 13.9. The molecule has 0 amide bonds. The van der Waals surface area contributed by atoms with Crippen molar-refractivity contribution in [2.75, 3.05) is 0 Å². The molecule has 1 atom stereocenters. The lowest BCUT2D eigenvalue weighted by Crippen LogP contribution is -1.83. The molecule has 1 aromatic heterocycles. The van der Waals surface area contributed by atoms with E-state index < -0.39 is 6.17 Å². The van der Waals surface area contributed by atoms with E-state index >= 15 is 0 Å². The maximum atomic E-state index is 12.6. The van der Waals surface area contributed by atoms with Gasteiger partial charge in [0.2, 0.25) is 5.89 Å². The van der Waals surface area contributed by atoms with Gasteiger partial charge in [0, 0.05) is 5.92 Å². The summed E-state index contributed by atoms with van der Waals surface area (Å²) in [4.78, 5) is 3.80. The number of alkyl halides is 1. The molecular formula is C8H12FNO. The fourth-order valence-corrected chi connectivity index (χ4v) is 0.752. The molecule has 0 saturated carbocycles. The molecular weight excluding hydrogens is 145 g/mol. The summed E-state index contributed by atoms with van der Waals surface area (Å²) in [7, 11) is 0. The van der Waals surface area contributed by atoms with Gasteiger partial charge in [-0.15, -0.1) is 0 Å². The number of rotatable bonds is 2. The van der Waals surface area contributed by atoms with E-state index in [1.807, 2.05) is 13.8 Å². The lowest BCUT2D eigenvalue weighted by atomic mass is 10.2. The first-order valence-corrected chi connectivity index (χ1v) is 3.71. The van der Waals surface area contributed by atoms with Gasteiger partial charge in [-0.2, -0.15) is 0 Å². The molecule has 1 rings (SSSR count). The van der Waals surface area contributed by atoms with Crippen LogP contribution < -0.4 is 0 Å². The Bertz CT molecular complexity index is 207. The van der Waals surface area contributed by atoms with E-state index in [0.717, 1.165) is 5.76 Å². The van der Waals surface area contributed by atoms with Crippen molar-refractivity contribution in [3.8, 4) is 0 Å². The Morgan fingerprint density at radius 2 is 2.09 bits per heavy atom. The summed E-state index contributed by atoms with van der Waals surface area (Å²) in [5.74, 6) is 1.19. The number of hydrogen-bond donors (Lipinski definition) is 0. The average molecular weight is 157 g/mol. The van der Waals surface area contributed by atoms with Gasteiger partial charge in [-0.05, 0) is 6.92 Å². The van der Waals surface area contributed by atoms with Crippen LogP contribution in [0.4, 0.5) is 4.39 Å². The van der Waals surface area contributed by atoms with Crippen LogP contribution in [0.1, 0.15) is 44.5 Å². The van der Waals surface area contributed by atoms with Gasteiger partial charge in [0.1, 0.15) is 5.76 Å². The summed E-state index contributed by atoms with van der Waals surface area (Å²) in [5, 5.41) is 0. The fraction of sp³-hybridized carbons (Fsp3) is 0.625. The summed E-state index contributed by atoms with van der Waals surface area (Å²) >= 11 is 0. The Morgan fingerprint density at radius 1 is 1.45 bits per heavy atom. The lowest BCUT2D eigenvalue weighted by Gasteiger charge is -1.97. The van der Waals surface area contributed by atoms with Crippen LogP contribution in [-0.2, 0) is 0 Å². The zero-order valence-corrected chi connectivity index (χ0v) is 6.97. The third-order valence-electron chi connectivity index (χ3n) is 1.45. The minimum absolute atomic E-state index is 0.175. The van der Waals surface area contributed by atoms with Gasteiger partial charge in [-0.3, -0.25) is 0 Å². The van der Waals surface area contributed by atoms with Crippen LogP contribution in [0.5, 0.6) is 0 Å². The third-order valence-corrected chi connectivity index (χ3v) is 1.45. The molecule has 11 heavy (non-hydrogen) atoms. The second-order valence-electron chi connectivity index (χ2n) is 2.87. The van der Waals surface area contributed by atoms with E-state index in [4.69, 9.17) is 4.42 Å². The molecule has 1 heterocycles. The molecule has 2 nitrogen and oxygen atoms in total. The SMILES string of the molecule is CC(C)c1cnc(C(C)F)o1. The monoisotopic (exact) mass is 157 g/mol. The van der Waals surface area contributed by atoms with Gasteiger partial charge in [0.25, 0.3) is 0 Å². The highest BCUT2D eigenvalue weighted by Gasteiger charge is 2.11. The van der Waals surface area contributed by atoms with E-state index in [0.29, 0.717) is 0 Å². The quantitative estimate of drug-likeness (QED) is 0.659. The zero-order valence-electron chi connectivity index (χ0n) is 6.97. The Balaban J connectivity index is 2.82. The van der Waals surface area contributed by atoms with E-state index in [2.05, 4.69) is 4.98 Å². The summed E-state index contributed by atoms with van der Waals surface area (Å²) in [6, 6.07) is 0. The van der Waals surface area contributed by atoms with Crippen molar-refractivity contribution in [2.45, 2.75) is 32.9 Å². The molecule has 3 heteroatoms. The molecule has 0 aliphatic rings. The molecule has 0 N–H and O–H groups in total. The topological polar surface area (TPSA) is 26.0 Å². The molecule has 0 radical (unpaired) electrons. The van der Waals surface area contributed by atoms with Crippen LogP contribution in [0.25, 0.3) is 0 Å². The highest BCUT2D eigenvalue weighted by atomic mass is 19.1. The van der Waals surface area contributed by atoms with Crippen LogP contribution >= 0.6 is 0 Å². The van der Waals surface area contributed by atoms with Crippen molar-refractivity contribution < 1.29 is 8.81 Å². The Kier molecular flexibility index (Phi) is 2.27. The standard InChI is InChI=1S/C8H12FNO/c1-5(2)7-4-10-8(11-7)6(3)9/h4-6H,1-3H3. The summed E-state index contributed by atoms with van der Waals surface area (Å²) < 4.78 is 17.7. The van der Waals surface area contributed by atoms with Crippen LogP contribution in [0.3, 0.4) is 0 Å². The first-order chi connectivity index (χ1) is 5.11. The highest BCUT2D eigenvalue weighted by Crippen LogP contribution is 2.20. The van der Waals surface area contributed by atoms with Crippen molar-refractivity contribution in [3.63, 3.8) is 0 Å². The van der Waals surface area contributed by atoms with Gasteiger partial charge < -0.3 is 4.42 Å². The van der Waals surface area contributed by atoms with Gasteiger partial charge in [0.05, 0.1) is 6.20 Å². The van der Waals surface area contributed by atoms with Crippen LogP contribution in [0, 0.1) is 0 Å². The smallest absolute Gasteiger partial charge is 0.228 e. The number of hydrogen-bond acceptors (Lipinski definition) is 2. The number of halogens is 1.